The number of carbonyl (C=O) groups excluding carboxylic acids is 3. The van der Waals surface area contributed by atoms with Crippen LogP contribution in [0.4, 0.5) is 4.79 Å². The van der Waals surface area contributed by atoms with E-state index in [9.17, 15) is 14.4 Å². The first kappa shape index (κ1) is 16.1. The van der Waals surface area contributed by atoms with Gasteiger partial charge in [0.05, 0.1) is 0 Å². The van der Waals surface area contributed by atoms with Gasteiger partial charge in [-0.2, -0.15) is 0 Å². The van der Waals surface area contributed by atoms with Crippen molar-refractivity contribution in [2.75, 3.05) is 52.9 Å². The highest BCUT2D eigenvalue weighted by Gasteiger charge is 2.31. The van der Waals surface area contributed by atoms with Crippen molar-refractivity contribution >= 4 is 17.8 Å². The fraction of sp³-hybridized carbons (Fsp3) is 0.812. The van der Waals surface area contributed by atoms with Gasteiger partial charge in [-0.3, -0.25) is 9.59 Å². The van der Waals surface area contributed by atoms with Crippen LogP contribution < -0.4 is 0 Å². The number of rotatable bonds is 4. The van der Waals surface area contributed by atoms with Gasteiger partial charge in [0, 0.05) is 52.7 Å². The molecule has 0 aromatic carbocycles. The maximum absolute atomic E-state index is 12.5. The number of amides is 4. The molecule has 0 N–H and O–H groups in total. The maximum atomic E-state index is 12.5. The molecule has 3 heterocycles. The van der Waals surface area contributed by atoms with Gasteiger partial charge in [-0.25, -0.2) is 4.79 Å². The number of piperidine rings is 1. The molecule has 1 atom stereocenters. The lowest BCUT2D eigenvalue weighted by atomic mass is 9.97. The summed E-state index contributed by atoms with van der Waals surface area (Å²) in [5, 5.41) is 0. The Labute approximate surface area is 137 Å². The highest BCUT2D eigenvalue weighted by Crippen LogP contribution is 2.21. The van der Waals surface area contributed by atoms with Crippen molar-refractivity contribution in [1.82, 2.24) is 19.6 Å². The second kappa shape index (κ2) is 6.76. The molecule has 0 saturated carbocycles. The van der Waals surface area contributed by atoms with E-state index in [0.29, 0.717) is 32.0 Å². The molecule has 23 heavy (non-hydrogen) atoms. The maximum Gasteiger partial charge on any atom is 0.320 e. The van der Waals surface area contributed by atoms with Gasteiger partial charge in [-0.1, -0.05) is 0 Å². The average molecular weight is 322 g/mol. The van der Waals surface area contributed by atoms with Crippen molar-refractivity contribution in [2.24, 2.45) is 5.92 Å². The van der Waals surface area contributed by atoms with E-state index in [4.69, 9.17) is 0 Å². The molecule has 128 valence electrons. The van der Waals surface area contributed by atoms with Gasteiger partial charge in [0.1, 0.15) is 6.54 Å². The number of carbonyl (C=O) groups is 3. The van der Waals surface area contributed by atoms with E-state index in [1.54, 1.807) is 16.8 Å². The topological polar surface area (TPSA) is 64.2 Å². The lowest BCUT2D eigenvalue weighted by molar-refractivity contribution is -0.134. The minimum Gasteiger partial charge on any atom is -0.342 e. The van der Waals surface area contributed by atoms with Crippen molar-refractivity contribution in [3.05, 3.63) is 0 Å². The lowest BCUT2D eigenvalue weighted by Crippen LogP contribution is -2.47. The monoisotopic (exact) mass is 322 g/mol. The van der Waals surface area contributed by atoms with E-state index in [1.807, 2.05) is 9.80 Å². The SMILES string of the molecule is CN1CCN(CC(=O)N2CCC[C@H](CN3CCCC3=O)C2)C1=O. The highest BCUT2D eigenvalue weighted by atomic mass is 16.2. The Bertz CT molecular complexity index is 496. The van der Waals surface area contributed by atoms with E-state index in [0.717, 1.165) is 38.9 Å². The molecule has 0 bridgehead atoms. The van der Waals surface area contributed by atoms with Gasteiger partial charge in [0.15, 0.2) is 0 Å². The molecule has 0 spiro atoms. The first-order valence-electron chi connectivity index (χ1n) is 8.60. The number of hydrogen-bond donors (Lipinski definition) is 0. The van der Waals surface area contributed by atoms with Crippen molar-refractivity contribution in [2.45, 2.75) is 25.7 Å². The van der Waals surface area contributed by atoms with Crippen LogP contribution in [0.15, 0.2) is 0 Å². The van der Waals surface area contributed by atoms with Gasteiger partial charge in [-0.05, 0) is 25.2 Å². The van der Waals surface area contributed by atoms with Crippen LogP contribution in [0, 0.1) is 5.92 Å². The number of likely N-dealkylation sites (tertiary alicyclic amines) is 2. The summed E-state index contributed by atoms with van der Waals surface area (Å²) in [6.45, 7) is 4.60. The van der Waals surface area contributed by atoms with Crippen molar-refractivity contribution in [3.8, 4) is 0 Å². The molecule has 4 amide bonds. The molecule has 3 fully saturated rings. The van der Waals surface area contributed by atoms with Crippen molar-refractivity contribution in [3.63, 3.8) is 0 Å². The molecule has 0 radical (unpaired) electrons. The van der Waals surface area contributed by atoms with Crippen LogP contribution in [0.3, 0.4) is 0 Å². The normalized spacial score (nSPS) is 25.7. The van der Waals surface area contributed by atoms with Gasteiger partial charge in [-0.15, -0.1) is 0 Å². The molecule has 0 aromatic heterocycles. The predicted octanol–water partition coefficient (Wildman–Crippen LogP) is 0.215. The minimum absolute atomic E-state index is 0.0334. The lowest BCUT2D eigenvalue weighted by Gasteiger charge is -2.35. The zero-order chi connectivity index (χ0) is 16.4. The standard InChI is InChI=1S/C16H26N4O3/c1-17-8-9-20(16(17)23)12-15(22)19-6-2-4-13(11-19)10-18-7-3-5-14(18)21/h13H,2-12H2,1H3/t13-/m1/s1. The largest absolute Gasteiger partial charge is 0.342 e. The Hall–Kier alpha value is -1.79. The van der Waals surface area contributed by atoms with E-state index < -0.39 is 0 Å². The van der Waals surface area contributed by atoms with Crippen LogP contribution in [-0.2, 0) is 9.59 Å². The van der Waals surface area contributed by atoms with Crippen LogP contribution in [0.1, 0.15) is 25.7 Å². The molecule has 7 nitrogen and oxygen atoms in total. The van der Waals surface area contributed by atoms with E-state index >= 15 is 0 Å². The number of nitrogens with zero attached hydrogens (tertiary/aromatic N) is 4. The first-order valence-corrected chi connectivity index (χ1v) is 8.60. The summed E-state index contributed by atoms with van der Waals surface area (Å²) in [4.78, 5) is 43.2. The Balaban J connectivity index is 1.50. The Morgan fingerprint density at radius 1 is 1.09 bits per heavy atom. The third-order valence-electron chi connectivity index (χ3n) is 5.15. The van der Waals surface area contributed by atoms with Crippen LogP contribution in [-0.4, -0.2) is 90.3 Å². The molecular weight excluding hydrogens is 296 g/mol. The average Bonchev–Trinajstić information content (AvgIpc) is 3.08. The van der Waals surface area contributed by atoms with Crippen LogP contribution in [0.25, 0.3) is 0 Å². The third-order valence-corrected chi connectivity index (χ3v) is 5.15. The molecule has 3 rings (SSSR count). The number of likely N-dealkylation sites (N-methyl/N-ethyl adjacent to an activating group) is 1. The molecule has 3 aliphatic heterocycles. The van der Waals surface area contributed by atoms with Gasteiger partial charge in [0.25, 0.3) is 0 Å². The Morgan fingerprint density at radius 3 is 2.57 bits per heavy atom. The van der Waals surface area contributed by atoms with Gasteiger partial charge >= 0.3 is 6.03 Å². The summed E-state index contributed by atoms with van der Waals surface area (Å²) >= 11 is 0. The quantitative estimate of drug-likeness (QED) is 0.743. The van der Waals surface area contributed by atoms with Crippen LogP contribution in [0.5, 0.6) is 0 Å². The Kier molecular flexibility index (Phi) is 4.73. The first-order chi connectivity index (χ1) is 11.0. The number of urea groups is 1. The van der Waals surface area contributed by atoms with Crippen LogP contribution >= 0.6 is 0 Å². The molecule has 3 aliphatic rings. The predicted molar refractivity (Wildman–Crippen MR) is 84.7 cm³/mol. The van der Waals surface area contributed by atoms with Gasteiger partial charge in [0.2, 0.25) is 11.8 Å². The fourth-order valence-corrected chi connectivity index (χ4v) is 3.76. The molecule has 0 unspecified atom stereocenters. The zero-order valence-corrected chi connectivity index (χ0v) is 13.9. The zero-order valence-electron chi connectivity index (χ0n) is 13.9. The second-order valence-corrected chi connectivity index (χ2v) is 6.92. The molecule has 7 heteroatoms. The molecule has 3 saturated heterocycles. The molecule has 0 aromatic rings. The summed E-state index contributed by atoms with van der Waals surface area (Å²) in [5.41, 5.74) is 0. The third kappa shape index (κ3) is 3.59. The smallest absolute Gasteiger partial charge is 0.320 e. The van der Waals surface area contributed by atoms with E-state index in [1.165, 1.54) is 0 Å². The van der Waals surface area contributed by atoms with Gasteiger partial charge < -0.3 is 19.6 Å². The molecule has 0 aliphatic carbocycles. The molecular formula is C16H26N4O3. The summed E-state index contributed by atoms with van der Waals surface area (Å²) in [6.07, 6.45) is 3.67. The Morgan fingerprint density at radius 2 is 1.91 bits per heavy atom. The summed E-state index contributed by atoms with van der Waals surface area (Å²) in [6, 6.07) is -0.0606. The summed E-state index contributed by atoms with van der Waals surface area (Å²) in [7, 11) is 1.76. The number of hydrogen-bond acceptors (Lipinski definition) is 3. The summed E-state index contributed by atoms with van der Waals surface area (Å²) < 4.78 is 0. The van der Waals surface area contributed by atoms with Crippen molar-refractivity contribution in [1.29, 1.82) is 0 Å². The van der Waals surface area contributed by atoms with Crippen molar-refractivity contribution < 1.29 is 14.4 Å². The fourth-order valence-electron chi connectivity index (χ4n) is 3.76. The van der Waals surface area contributed by atoms with E-state index in [-0.39, 0.29) is 24.4 Å². The highest BCUT2D eigenvalue weighted by molar-refractivity contribution is 5.85. The van der Waals surface area contributed by atoms with Crippen LogP contribution in [0.2, 0.25) is 0 Å². The summed E-state index contributed by atoms with van der Waals surface area (Å²) in [5.74, 6) is 0.650. The minimum atomic E-state index is -0.0606. The van der Waals surface area contributed by atoms with E-state index in [2.05, 4.69) is 0 Å². The second-order valence-electron chi connectivity index (χ2n) is 6.92.